The highest BCUT2D eigenvalue weighted by Crippen LogP contribution is 2.48. The molecular weight excluding hydrogens is 400 g/mol. The van der Waals surface area contributed by atoms with Gasteiger partial charge in [0.25, 0.3) is 0 Å². The van der Waals surface area contributed by atoms with Crippen LogP contribution in [0.15, 0.2) is 28.7 Å². The van der Waals surface area contributed by atoms with Crippen molar-refractivity contribution in [1.29, 1.82) is 0 Å². The van der Waals surface area contributed by atoms with Crippen LogP contribution in [-0.2, 0) is 9.53 Å². The molecule has 0 spiro atoms. The van der Waals surface area contributed by atoms with Crippen LogP contribution in [0, 0.1) is 5.92 Å². The smallest absolute Gasteiger partial charge is 0.411 e. The van der Waals surface area contributed by atoms with Crippen molar-refractivity contribution in [3.05, 3.63) is 34.3 Å². The third kappa shape index (κ3) is 4.26. The van der Waals surface area contributed by atoms with Crippen LogP contribution >= 0.6 is 15.9 Å². The molecule has 2 aliphatic rings. The highest BCUT2D eigenvalue weighted by Gasteiger charge is 2.57. The Hall–Kier alpha value is -1.89. The van der Waals surface area contributed by atoms with E-state index in [4.69, 9.17) is 4.74 Å². The summed E-state index contributed by atoms with van der Waals surface area (Å²) in [6.07, 6.45) is 1.09. The molecule has 1 saturated carbocycles. The third-order valence-corrected chi connectivity index (χ3v) is 5.13. The average Bonchev–Trinajstić information content (AvgIpc) is 3.20. The van der Waals surface area contributed by atoms with Crippen molar-refractivity contribution in [2.75, 3.05) is 6.54 Å². The molecule has 7 heteroatoms. The van der Waals surface area contributed by atoms with E-state index in [0.29, 0.717) is 17.9 Å². The molecule has 1 aromatic carbocycles. The first-order valence-corrected chi connectivity index (χ1v) is 9.53. The molecule has 1 N–H and O–H groups in total. The van der Waals surface area contributed by atoms with Gasteiger partial charge in [0.2, 0.25) is 5.91 Å². The van der Waals surface area contributed by atoms with Crippen molar-refractivity contribution in [2.24, 2.45) is 5.92 Å². The highest BCUT2D eigenvalue weighted by atomic mass is 79.9. The fourth-order valence-corrected chi connectivity index (χ4v) is 3.56. The number of piperidine rings is 1. The molecule has 140 valence electrons. The van der Waals surface area contributed by atoms with Gasteiger partial charge in [0.05, 0.1) is 6.54 Å². The lowest BCUT2D eigenvalue weighted by Crippen LogP contribution is -2.50. The van der Waals surface area contributed by atoms with Gasteiger partial charge in [-0.05, 0) is 51.7 Å². The second-order valence-electron chi connectivity index (χ2n) is 7.85. The Bertz CT molecular complexity index is 726. The molecule has 0 radical (unpaired) electrons. The van der Waals surface area contributed by atoms with Crippen LogP contribution in [0.25, 0.3) is 0 Å². The maximum absolute atomic E-state index is 12.6. The Kier molecular flexibility index (Phi) is 5.10. The van der Waals surface area contributed by atoms with Gasteiger partial charge in [-0.3, -0.25) is 14.5 Å². The maximum atomic E-state index is 12.6. The predicted octanol–water partition coefficient (Wildman–Crippen LogP) is 3.15. The van der Waals surface area contributed by atoms with E-state index in [1.54, 1.807) is 49.9 Å². The molecular formula is C19H23BrN2O4. The lowest BCUT2D eigenvalue weighted by molar-refractivity contribution is -0.125. The van der Waals surface area contributed by atoms with Gasteiger partial charge in [-0.25, -0.2) is 4.79 Å². The quantitative estimate of drug-likeness (QED) is 0.756. The Morgan fingerprint density at radius 2 is 1.85 bits per heavy atom. The van der Waals surface area contributed by atoms with Gasteiger partial charge in [-0.15, -0.1) is 0 Å². The number of carbonyl (C=O) groups is 3. The normalized spacial score (nSPS) is 24.0. The van der Waals surface area contributed by atoms with Gasteiger partial charge in [0.15, 0.2) is 5.78 Å². The third-order valence-electron chi connectivity index (χ3n) is 4.60. The summed E-state index contributed by atoms with van der Waals surface area (Å²) in [5, 5.41) is 2.68. The van der Waals surface area contributed by atoms with Crippen LogP contribution in [0.4, 0.5) is 4.79 Å². The van der Waals surface area contributed by atoms with E-state index in [1.807, 2.05) is 0 Å². The molecule has 3 rings (SSSR count). The van der Waals surface area contributed by atoms with Crippen molar-refractivity contribution in [3.8, 4) is 0 Å². The van der Waals surface area contributed by atoms with E-state index < -0.39 is 17.7 Å². The largest absolute Gasteiger partial charge is 0.444 e. The fourth-order valence-electron chi connectivity index (χ4n) is 3.29. The van der Waals surface area contributed by atoms with Gasteiger partial charge < -0.3 is 10.1 Å². The number of benzene rings is 1. The van der Waals surface area contributed by atoms with Crippen LogP contribution in [0.1, 0.15) is 44.0 Å². The van der Waals surface area contributed by atoms with Crippen molar-refractivity contribution in [1.82, 2.24) is 10.2 Å². The highest BCUT2D eigenvalue weighted by molar-refractivity contribution is 9.10. The van der Waals surface area contributed by atoms with Crippen LogP contribution in [0.2, 0.25) is 0 Å². The molecule has 1 heterocycles. The molecule has 0 unspecified atom stereocenters. The summed E-state index contributed by atoms with van der Waals surface area (Å²) in [6, 6.07) is 6.49. The number of ether oxygens (including phenoxy) is 1. The summed E-state index contributed by atoms with van der Waals surface area (Å²) < 4.78 is 6.33. The van der Waals surface area contributed by atoms with Crippen molar-refractivity contribution >= 4 is 33.7 Å². The zero-order valence-corrected chi connectivity index (χ0v) is 16.7. The molecule has 2 fully saturated rings. The zero-order chi connectivity index (χ0) is 19.1. The van der Waals surface area contributed by atoms with E-state index in [-0.39, 0.29) is 24.3 Å². The monoisotopic (exact) mass is 422 g/mol. The van der Waals surface area contributed by atoms with Crippen molar-refractivity contribution in [2.45, 2.75) is 51.3 Å². The second-order valence-corrected chi connectivity index (χ2v) is 8.77. The first-order valence-electron chi connectivity index (χ1n) is 8.73. The number of halogens is 1. The van der Waals surface area contributed by atoms with E-state index in [9.17, 15) is 14.4 Å². The average molecular weight is 423 g/mol. The van der Waals surface area contributed by atoms with Gasteiger partial charge in [0.1, 0.15) is 11.6 Å². The van der Waals surface area contributed by atoms with Crippen LogP contribution in [0.3, 0.4) is 0 Å². The summed E-state index contributed by atoms with van der Waals surface area (Å²) >= 11 is 3.32. The minimum atomic E-state index is -0.608. The maximum Gasteiger partial charge on any atom is 0.411 e. The number of carbonyl (C=O) groups excluding carboxylic acids is 3. The summed E-state index contributed by atoms with van der Waals surface area (Å²) in [7, 11) is 0. The van der Waals surface area contributed by atoms with Gasteiger partial charge >= 0.3 is 6.09 Å². The number of rotatable bonds is 4. The van der Waals surface area contributed by atoms with Gasteiger partial charge in [-0.1, -0.05) is 28.1 Å². The number of nitrogens with one attached hydrogen (secondary N) is 1. The summed E-state index contributed by atoms with van der Waals surface area (Å²) in [4.78, 5) is 38.8. The van der Waals surface area contributed by atoms with Gasteiger partial charge in [0, 0.05) is 16.1 Å². The number of fused-ring (bicyclic) bond motifs is 1. The molecule has 1 saturated heterocycles. The minimum absolute atomic E-state index is 0.0859. The molecule has 3 atom stereocenters. The minimum Gasteiger partial charge on any atom is -0.444 e. The number of hydrogen-bond acceptors (Lipinski definition) is 4. The summed E-state index contributed by atoms with van der Waals surface area (Å²) in [6.45, 7) is 5.32. The molecule has 26 heavy (non-hydrogen) atoms. The van der Waals surface area contributed by atoms with E-state index in [0.717, 1.165) is 10.9 Å². The summed E-state index contributed by atoms with van der Waals surface area (Å²) in [5.74, 6) is -0.105. The molecule has 1 aliphatic heterocycles. The number of nitrogens with zero attached hydrogens (tertiary/aromatic N) is 1. The first kappa shape index (κ1) is 18.9. The topological polar surface area (TPSA) is 75.7 Å². The Labute approximate surface area is 161 Å². The second kappa shape index (κ2) is 7.02. The molecule has 1 aromatic rings. The number of ketones is 1. The summed E-state index contributed by atoms with van der Waals surface area (Å²) in [5.41, 5.74) is -0.0745. The number of Topliss-reactive ketones (excluding diaryl/α,β-unsaturated/α-hetero) is 1. The lowest BCUT2D eigenvalue weighted by atomic mass is 10.1. The number of hydrogen-bond donors (Lipinski definition) is 1. The molecule has 0 aromatic heterocycles. The van der Waals surface area contributed by atoms with Crippen LogP contribution in [0.5, 0.6) is 0 Å². The Balaban J connectivity index is 1.59. The van der Waals surface area contributed by atoms with Crippen molar-refractivity contribution < 1.29 is 19.1 Å². The SMILES string of the molecule is CC(C)(C)OC(=O)N1[C@@H]2C[C@@H]2C[C@H]1C(=O)NCC(=O)c1ccc(Br)cc1. The molecule has 2 amide bonds. The molecule has 1 aliphatic carbocycles. The Morgan fingerprint density at radius 1 is 1.19 bits per heavy atom. The van der Waals surface area contributed by atoms with Crippen LogP contribution < -0.4 is 5.32 Å². The fraction of sp³-hybridized carbons (Fsp3) is 0.526. The standard InChI is InChI=1S/C19H23BrN2O4/c1-19(2,3)26-18(25)22-14-8-12(14)9-15(22)17(24)21-10-16(23)11-4-6-13(20)7-5-11/h4-7,12,14-15H,8-10H2,1-3H3,(H,21,24)/t12-,14-,15+/m1/s1. The number of amides is 2. The van der Waals surface area contributed by atoms with Crippen LogP contribution in [-0.4, -0.2) is 46.9 Å². The Morgan fingerprint density at radius 3 is 2.46 bits per heavy atom. The predicted molar refractivity (Wildman–Crippen MR) is 99.9 cm³/mol. The first-order chi connectivity index (χ1) is 12.2. The van der Waals surface area contributed by atoms with E-state index in [2.05, 4.69) is 21.2 Å². The molecule has 0 bridgehead atoms. The van der Waals surface area contributed by atoms with E-state index >= 15 is 0 Å². The number of likely N-dealkylation sites (tertiary alicyclic amines) is 1. The van der Waals surface area contributed by atoms with E-state index in [1.165, 1.54) is 0 Å². The van der Waals surface area contributed by atoms with Crippen molar-refractivity contribution in [3.63, 3.8) is 0 Å². The van der Waals surface area contributed by atoms with Gasteiger partial charge in [-0.2, -0.15) is 0 Å². The zero-order valence-electron chi connectivity index (χ0n) is 15.1. The lowest BCUT2D eigenvalue weighted by Gasteiger charge is -2.29. The molecule has 6 nitrogen and oxygen atoms in total.